The standard InChI is InChI=1S/C30H30F4N6O2/c1-39-11-7-22(18-39)38-28(41)29(21-15-24(31)26(37-17-21)23-4-3-10-36-27(23)42-2)8-12-40(13-9-29)25-6-5-20(30(32,33)34)14-19(25)16-35/h3-6,10,14-15,17,22H,7-9,11-13,18H2,1-2H3,(H,38,41)/t22-/m0/s1. The quantitative estimate of drug-likeness (QED) is 0.427. The maximum absolute atomic E-state index is 15.6. The molecule has 2 saturated heterocycles. The van der Waals surface area contributed by atoms with Crippen molar-refractivity contribution in [2.45, 2.75) is 36.9 Å². The average Bonchev–Trinajstić information content (AvgIpc) is 3.40. The van der Waals surface area contributed by atoms with E-state index in [0.717, 1.165) is 25.1 Å². The van der Waals surface area contributed by atoms with Gasteiger partial charge in [0, 0.05) is 38.1 Å². The van der Waals surface area contributed by atoms with Crippen LogP contribution in [0.25, 0.3) is 11.3 Å². The monoisotopic (exact) mass is 582 g/mol. The van der Waals surface area contributed by atoms with Crippen molar-refractivity contribution >= 4 is 11.6 Å². The molecule has 0 unspecified atom stereocenters. The second-order valence-corrected chi connectivity index (χ2v) is 10.7. The summed E-state index contributed by atoms with van der Waals surface area (Å²) in [5, 5.41) is 12.7. The first-order chi connectivity index (χ1) is 20.1. The van der Waals surface area contributed by atoms with Gasteiger partial charge >= 0.3 is 6.18 Å². The number of alkyl halides is 3. The number of nitriles is 1. The van der Waals surface area contributed by atoms with Crippen molar-refractivity contribution < 1.29 is 27.1 Å². The predicted molar refractivity (Wildman–Crippen MR) is 147 cm³/mol. The number of halogens is 4. The van der Waals surface area contributed by atoms with E-state index in [1.165, 1.54) is 31.6 Å². The van der Waals surface area contributed by atoms with E-state index in [2.05, 4.69) is 20.2 Å². The molecule has 0 spiro atoms. The molecule has 220 valence electrons. The van der Waals surface area contributed by atoms with Gasteiger partial charge in [-0.2, -0.15) is 18.4 Å². The van der Waals surface area contributed by atoms with Gasteiger partial charge in [0.25, 0.3) is 0 Å². The van der Waals surface area contributed by atoms with Gasteiger partial charge in [-0.05, 0) is 74.8 Å². The second-order valence-electron chi connectivity index (χ2n) is 10.7. The van der Waals surface area contributed by atoms with Gasteiger partial charge in [0.2, 0.25) is 11.8 Å². The molecule has 1 atom stereocenters. The van der Waals surface area contributed by atoms with Gasteiger partial charge in [0.15, 0.2) is 0 Å². The van der Waals surface area contributed by atoms with Crippen LogP contribution in [0, 0.1) is 17.1 Å². The summed E-state index contributed by atoms with van der Waals surface area (Å²) in [5.74, 6) is -0.667. The average molecular weight is 583 g/mol. The number of amides is 1. The first kappa shape index (κ1) is 29.3. The SMILES string of the molecule is COc1ncccc1-c1ncc(C2(C(=O)N[C@H]3CCN(C)C3)CCN(c3ccc(C(F)(F)F)cc3C#N)CC2)cc1F. The summed E-state index contributed by atoms with van der Waals surface area (Å²) in [4.78, 5) is 26.4. The van der Waals surface area contributed by atoms with E-state index in [4.69, 9.17) is 4.74 Å². The Morgan fingerprint density at radius 2 is 1.93 bits per heavy atom. The Labute approximate surface area is 240 Å². The molecule has 0 saturated carbocycles. The Morgan fingerprint density at radius 3 is 2.55 bits per heavy atom. The van der Waals surface area contributed by atoms with Crippen LogP contribution < -0.4 is 15.0 Å². The molecule has 2 aromatic heterocycles. The van der Waals surface area contributed by atoms with Crippen molar-refractivity contribution in [3.8, 4) is 23.2 Å². The molecule has 42 heavy (non-hydrogen) atoms. The van der Waals surface area contributed by atoms with Crippen molar-refractivity contribution in [2.24, 2.45) is 0 Å². The van der Waals surface area contributed by atoms with Crippen LogP contribution in [0.1, 0.15) is 36.0 Å². The minimum Gasteiger partial charge on any atom is -0.481 e. The molecule has 5 rings (SSSR count). The first-order valence-electron chi connectivity index (χ1n) is 13.6. The molecule has 8 nitrogen and oxygen atoms in total. The number of ether oxygens (including phenoxy) is 1. The first-order valence-corrected chi connectivity index (χ1v) is 13.6. The number of carbonyl (C=O) groups is 1. The number of piperidine rings is 1. The Bertz CT molecular complexity index is 1510. The van der Waals surface area contributed by atoms with E-state index >= 15 is 4.39 Å². The Balaban J connectivity index is 1.47. The van der Waals surface area contributed by atoms with Crippen LogP contribution in [0.4, 0.5) is 23.2 Å². The second kappa shape index (κ2) is 11.6. The summed E-state index contributed by atoms with van der Waals surface area (Å²) in [7, 11) is 3.40. The summed E-state index contributed by atoms with van der Waals surface area (Å²) in [5.41, 5.74) is -0.958. The van der Waals surface area contributed by atoms with Crippen LogP contribution >= 0.6 is 0 Å². The molecule has 12 heteroatoms. The fraction of sp³-hybridized carbons (Fsp3) is 0.400. The minimum absolute atomic E-state index is 0.0394. The zero-order valence-corrected chi connectivity index (χ0v) is 23.2. The lowest BCUT2D eigenvalue weighted by Gasteiger charge is -2.42. The molecule has 2 fully saturated rings. The normalized spacial score (nSPS) is 18.9. The van der Waals surface area contributed by atoms with Crippen molar-refractivity contribution in [3.05, 3.63) is 71.3 Å². The topological polar surface area (TPSA) is 94.4 Å². The van der Waals surface area contributed by atoms with E-state index in [9.17, 15) is 23.2 Å². The maximum atomic E-state index is 15.6. The number of carbonyl (C=O) groups excluding carboxylic acids is 1. The van der Waals surface area contributed by atoms with Crippen molar-refractivity contribution in [2.75, 3.05) is 45.2 Å². The highest BCUT2D eigenvalue weighted by atomic mass is 19.4. The lowest BCUT2D eigenvalue weighted by Crippen LogP contribution is -2.54. The number of rotatable bonds is 6. The van der Waals surface area contributed by atoms with Crippen molar-refractivity contribution in [1.29, 1.82) is 5.26 Å². The van der Waals surface area contributed by atoms with Crippen LogP contribution in [0.15, 0.2) is 48.8 Å². The van der Waals surface area contributed by atoms with Crippen LogP contribution in [0.2, 0.25) is 0 Å². The number of anilines is 1. The highest BCUT2D eigenvalue weighted by molar-refractivity contribution is 5.89. The number of nitrogens with one attached hydrogen (secondary N) is 1. The molecule has 0 bridgehead atoms. The predicted octanol–water partition coefficient (Wildman–Crippen LogP) is 4.54. The summed E-state index contributed by atoms with van der Waals surface area (Å²) in [6, 6.07) is 9.50. The van der Waals surface area contributed by atoms with Gasteiger partial charge in [0.05, 0.1) is 34.9 Å². The zero-order chi connectivity index (χ0) is 30.1. The smallest absolute Gasteiger partial charge is 0.416 e. The summed E-state index contributed by atoms with van der Waals surface area (Å²) < 4.78 is 60.6. The molecular formula is C30H30F4N6O2. The minimum atomic E-state index is -4.57. The number of pyridine rings is 2. The third-order valence-electron chi connectivity index (χ3n) is 8.18. The third kappa shape index (κ3) is 5.61. The van der Waals surface area contributed by atoms with Crippen LogP contribution in [0.3, 0.4) is 0 Å². The van der Waals surface area contributed by atoms with E-state index in [-0.39, 0.29) is 55.0 Å². The van der Waals surface area contributed by atoms with Crippen molar-refractivity contribution in [3.63, 3.8) is 0 Å². The van der Waals surface area contributed by atoms with Gasteiger partial charge < -0.3 is 19.9 Å². The number of likely N-dealkylation sites (tertiary alicyclic amines) is 1. The van der Waals surface area contributed by atoms with Crippen LogP contribution in [0.5, 0.6) is 5.88 Å². The lowest BCUT2D eigenvalue weighted by atomic mass is 9.72. The van der Waals surface area contributed by atoms with Gasteiger partial charge in [-0.15, -0.1) is 0 Å². The van der Waals surface area contributed by atoms with Gasteiger partial charge in [-0.25, -0.2) is 9.37 Å². The molecule has 2 aliphatic heterocycles. The third-order valence-corrected chi connectivity index (χ3v) is 8.18. The largest absolute Gasteiger partial charge is 0.481 e. The Kier molecular flexibility index (Phi) is 8.06. The summed E-state index contributed by atoms with van der Waals surface area (Å²) in [6.45, 7) is 2.06. The molecule has 3 aromatic rings. The molecule has 1 amide bonds. The molecular weight excluding hydrogens is 552 g/mol. The van der Waals surface area contributed by atoms with Crippen LogP contribution in [-0.2, 0) is 16.4 Å². The molecule has 0 radical (unpaired) electrons. The Morgan fingerprint density at radius 1 is 1.17 bits per heavy atom. The lowest BCUT2D eigenvalue weighted by molar-refractivity contribution is -0.137. The summed E-state index contributed by atoms with van der Waals surface area (Å²) >= 11 is 0. The fourth-order valence-corrected chi connectivity index (χ4v) is 5.86. The number of nitrogens with zero attached hydrogens (tertiary/aromatic N) is 5. The Hall–Kier alpha value is -4.24. The number of benzene rings is 1. The number of hydrogen-bond acceptors (Lipinski definition) is 7. The van der Waals surface area contributed by atoms with E-state index in [1.807, 2.05) is 13.1 Å². The molecule has 1 N–H and O–H groups in total. The molecule has 0 aliphatic carbocycles. The molecule has 4 heterocycles. The van der Waals surface area contributed by atoms with E-state index < -0.39 is 23.0 Å². The van der Waals surface area contributed by atoms with Crippen LogP contribution in [-0.4, -0.2) is 67.2 Å². The number of methoxy groups -OCH3 is 1. The van der Waals surface area contributed by atoms with E-state index in [0.29, 0.717) is 23.4 Å². The highest BCUT2D eigenvalue weighted by Crippen LogP contribution is 2.41. The van der Waals surface area contributed by atoms with Gasteiger partial charge in [-0.3, -0.25) is 9.78 Å². The maximum Gasteiger partial charge on any atom is 0.416 e. The number of aromatic nitrogens is 2. The van der Waals surface area contributed by atoms with E-state index in [1.54, 1.807) is 17.0 Å². The highest BCUT2D eigenvalue weighted by Gasteiger charge is 2.45. The van der Waals surface area contributed by atoms with Gasteiger partial charge in [-0.1, -0.05) is 0 Å². The fourth-order valence-electron chi connectivity index (χ4n) is 5.86. The number of likely N-dealkylation sites (N-methyl/N-ethyl adjacent to an activating group) is 1. The van der Waals surface area contributed by atoms with Crippen molar-refractivity contribution in [1.82, 2.24) is 20.2 Å². The van der Waals surface area contributed by atoms with Gasteiger partial charge in [0.1, 0.15) is 17.6 Å². The molecule has 1 aromatic carbocycles. The zero-order valence-electron chi connectivity index (χ0n) is 23.2. The molecule has 2 aliphatic rings. The number of hydrogen-bond donors (Lipinski definition) is 1. The summed E-state index contributed by atoms with van der Waals surface area (Å²) in [6.07, 6.45) is -0.283.